The van der Waals surface area contributed by atoms with E-state index in [1.54, 1.807) is 25.1 Å². The third kappa shape index (κ3) is 4.13. The van der Waals surface area contributed by atoms with E-state index < -0.39 is 11.7 Å². The number of carbonyl (C=O) groups is 3. The number of amides is 3. The molecule has 3 aliphatic rings. The van der Waals surface area contributed by atoms with Crippen LogP contribution in [0.3, 0.4) is 0 Å². The summed E-state index contributed by atoms with van der Waals surface area (Å²) < 4.78 is 13.9. The van der Waals surface area contributed by atoms with Gasteiger partial charge in [-0.3, -0.25) is 19.3 Å². The number of piperidine rings is 1. The molecule has 0 radical (unpaired) electrons. The Balaban J connectivity index is 1.45. The Morgan fingerprint density at radius 1 is 1.00 bits per heavy atom. The monoisotopic (exact) mass is 464 g/mol. The van der Waals surface area contributed by atoms with Crippen LogP contribution < -0.4 is 15.1 Å². The molecular weight excluding hydrogens is 435 g/mol. The molecule has 0 bridgehead atoms. The summed E-state index contributed by atoms with van der Waals surface area (Å²) in [6.07, 6.45) is 4.68. The van der Waals surface area contributed by atoms with Gasteiger partial charge in [0.25, 0.3) is 5.91 Å². The molecule has 34 heavy (non-hydrogen) atoms. The zero-order chi connectivity index (χ0) is 23.8. The number of likely N-dealkylation sites (tertiary alicyclic amines) is 1. The van der Waals surface area contributed by atoms with Crippen LogP contribution in [-0.2, 0) is 9.59 Å². The van der Waals surface area contributed by atoms with E-state index in [2.05, 4.69) is 10.2 Å². The second kappa shape index (κ2) is 9.08. The number of anilines is 3. The number of carbonyl (C=O) groups excluding carboxylic acids is 3. The molecule has 8 heteroatoms. The standard InChI is InChI=1S/C26H29FN4O3/c1-17-7-9-19(15-20(17)27)28-24(32)16-31-23-14-18(25(33)29-11-4-5-12-29)8-10-21(23)30-13-3-2-6-22(30)26(31)34/h7-10,14-15,22H,2-6,11-13,16H2,1H3,(H,28,32). The summed E-state index contributed by atoms with van der Waals surface area (Å²) in [5, 5.41) is 2.70. The Bertz CT molecular complexity index is 1140. The average Bonchev–Trinajstić information content (AvgIpc) is 3.38. The van der Waals surface area contributed by atoms with E-state index in [1.807, 2.05) is 17.0 Å². The summed E-state index contributed by atoms with van der Waals surface area (Å²) in [4.78, 5) is 44.8. The number of halogens is 1. The predicted molar refractivity (Wildman–Crippen MR) is 129 cm³/mol. The fourth-order valence-electron chi connectivity index (χ4n) is 5.17. The quantitative estimate of drug-likeness (QED) is 0.749. The minimum absolute atomic E-state index is 0.0481. The number of fused-ring (bicyclic) bond motifs is 3. The zero-order valence-electron chi connectivity index (χ0n) is 19.3. The molecule has 3 heterocycles. The van der Waals surface area contributed by atoms with Crippen molar-refractivity contribution in [1.82, 2.24) is 4.90 Å². The number of nitrogens with zero attached hydrogens (tertiary/aromatic N) is 3. The van der Waals surface area contributed by atoms with Crippen LogP contribution >= 0.6 is 0 Å². The van der Waals surface area contributed by atoms with Gasteiger partial charge in [0.2, 0.25) is 11.8 Å². The summed E-state index contributed by atoms with van der Waals surface area (Å²) in [6, 6.07) is 9.68. The number of rotatable bonds is 4. The lowest BCUT2D eigenvalue weighted by Crippen LogP contribution is -2.56. The third-order valence-electron chi connectivity index (χ3n) is 7.03. The zero-order valence-corrected chi connectivity index (χ0v) is 19.3. The van der Waals surface area contributed by atoms with Crippen molar-refractivity contribution in [2.75, 3.05) is 41.3 Å². The highest BCUT2D eigenvalue weighted by Gasteiger charge is 2.40. The SMILES string of the molecule is Cc1ccc(NC(=O)CN2C(=O)C3CCCCN3c3ccc(C(=O)N4CCCC4)cc32)cc1F. The first-order valence-corrected chi connectivity index (χ1v) is 12.0. The molecule has 178 valence electrons. The Morgan fingerprint density at radius 2 is 1.76 bits per heavy atom. The van der Waals surface area contributed by atoms with Crippen molar-refractivity contribution in [3.63, 3.8) is 0 Å². The molecule has 1 atom stereocenters. The largest absolute Gasteiger partial charge is 0.358 e. The van der Waals surface area contributed by atoms with Crippen molar-refractivity contribution in [2.24, 2.45) is 0 Å². The van der Waals surface area contributed by atoms with E-state index in [-0.39, 0.29) is 24.4 Å². The maximum atomic E-state index is 13.9. The number of hydrogen-bond donors (Lipinski definition) is 1. The first kappa shape index (κ1) is 22.4. The molecule has 0 aromatic heterocycles. The highest BCUT2D eigenvalue weighted by molar-refractivity contribution is 6.11. The van der Waals surface area contributed by atoms with Crippen LogP contribution in [0.15, 0.2) is 36.4 Å². The topological polar surface area (TPSA) is 73.0 Å². The van der Waals surface area contributed by atoms with Gasteiger partial charge in [0.15, 0.2) is 0 Å². The number of nitrogens with one attached hydrogen (secondary N) is 1. The van der Waals surface area contributed by atoms with Crippen molar-refractivity contribution in [1.29, 1.82) is 0 Å². The maximum absolute atomic E-state index is 13.9. The van der Waals surface area contributed by atoms with Crippen molar-refractivity contribution in [2.45, 2.75) is 45.1 Å². The van der Waals surface area contributed by atoms with E-state index >= 15 is 0 Å². The van der Waals surface area contributed by atoms with Gasteiger partial charge in [-0.15, -0.1) is 0 Å². The first-order chi connectivity index (χ1) is 16.4. The molecule has 2 aromatic carbocycles. The van der Waals surface area contributed by atoms with Crippen LogP contribution in [0, 0.1) is 12.7 Å². The normalized spacial score (nSPS) is 19.6. The minimum Gasteiger partial charge on any atom is -0.358 e. The molecule has 0 spiro atoms. The van der Waals surface area contributed by atoms with Gasteiger partial charge >= 0.3 is 0 Å². The predicted octanol–water partition coefficient (Wildman–Crippen LogP) is 3.71. The van der Waals surface area contributed by atoms with E-state index in [9.17, 15) is 18.8 Å². The fourth-order valence-corrected chi connectivity index (χ4v) is 5.17. The maximum Gasteiger partial charge on any atom is 0.253 e. The van der Waals surface area contributed by atoms with Crippen LogP contribution in [0.5, 0.6) is 0 Å². The van der Waals surface area contributed by atoms with Crippen LogP contribution in [0.2, 0.25) is 0 Å². The second-order valence-electron chi connectivity index (χ2n) is 9.34. The summed E-state index contributed by atoms with van der Waals surface area (Å²) in [5.74, 6) is -1.00. The Hall–Kier alpha value is -3.42. The van der Waals surface area contributed by atoms with Gasteiger partial charge in [0.05, 0.1) is 11.4 Å². The third-order valence-corrected chi connectivity index (χ3v) is 7.03. The van der Waals surface area contributed by atoms with E-state index in [4.69, 9.17) is 0 Å². The molecule has 0 aliphatic carbocycles. The van der Waals surface area contributed by atoms with Gasteiger partial charge in [-0.05, 0) is 74.9 Å². The molecule has 7 nitrogen and oxygen atoms in total. The highest BCUT2D eigenvalue weighted by atomic mass is 19.1. The molecule has 1 unspecified atom stereocenters. The van der Waals surface area contributed by atoms with Gasteiger partial charge in [0, 0.05) is 30.9 Å². The van der Waals surface area contributed by atoms with Gasteiger partial charge in [-0.25, -0.2) is 4.39 Å². The number of aryl methyl sites for hydroxylation is 1. The summed E-state index contributed by atoms with van der Waals surface area (Å²) >= 11 is 0. The Morgan fingerprint density at radius 3 is 2.53 bits per heavy atom. The highest BCUT2D eigenvalue weighted by Crippen LogP contribution is 2.40. The summed E-state index contributed by atoms with van der Waals surface area (Å²) in [6.45, 7) is 3.70. The molecule has 2 saturated heterocycles. The fraction of sp³-hybridized carbons (Fsp3) is 0.423. The number of benzene rings is 2. The number of hydrogen-bond acceptors (Lipinski definition) is 4. The van der Waals surface area contributed by atoms with Gasteiger partial charge in [0.1, 0.15) is 18.4 Å². The second-order valence-corrected chi connectivity index (χ2v) is 9.34. The van der Waals surface area contributed by atoms with Gasteiger partial charge < -0.3 is 15.1 Å². The van der Waals surface area contributed by atoms with Crippen molar-refractivity contribution in [3.8, 4) is 0 Å². The van der Waals surface area contributed by atoms with Crippen LogP contribution in [0.1, 0.15) is 48.0 Å². The first-order valence-electron chi connectivity index (χ1n) is 12.0. The molecule has 0 saturated carbocycles. The summed E-state index contributed by atoms with van der Waals surface area (Å²) in [5.41, 5.74) is 2.81. The molecule has 5 rings (SSSR count). The Labute approximate surface area is 198 Å². The lowest BCUT2D eigenvalue weighted by atomic mass is 9.95. The van der Waals surface area contributed by atoms with Gasteiger partial charge in [-0.1, -0.05) is 6.07 Å². The van der Waals surface area contributed by atoms with Gasteiger partial charge in [-0.2, -0.15) is 0 Å². The van der Waals surface area contributed by atoms with Crippen molar-refractivity contribution in [3.05, 3.63) is 53.3 Å². The minimum atomic E-state index is -0.414. The van der Waals surface area contributed by atoms with Crippen LogP contribution in [-0.4, -0.2) is 54.8 Å². The lowest BCUT2D eigenvalue weighted by Gasteiger charge is -2.45. The molecule has 3 amide bonds. The van der Waals surface area contributed by atoms with E-state index in [0.717, 1.165) is 57.4 Å². The molecular formula is C26H29FN4O3. The molecule has 3 aliphatic heterocycles. The average molecular weight is 465 g/mol. The molecule has 1 N–H and O–H groups in total. The Kier molecular flexibility index (Phi) is 5.98. The van der Waals surface area contributed by atoms with Crippen LogP contribution in [0.4, 0.5) is 21.5 Å². The molecule has 2 fully saturated rings. The smallest absolute Gasteiger partial charge is 0.253 e. The van der Waals surface area contributed by atoms with Crippen LogP contribution in [0.25, 0.3) is 0 Å². The molecule has 2 aromatic rings. The van der Waals surface area contributed by atoms with Crippen molar-refractivity contribution < 1.29 is 18.8 Å². The lowest BCUT2D eigenvalue weighted by molar-refractivity contribution is -0.123. The van der Waals surface area contributed by atoms with Crippen molar-refractivity contribution >= 4 is 34.8 Å². The van der Waals surface area contributed by atoms with E-state index in [0.29, 0.717) is 22.5 Å². The summed E-state index contributed by atoms with van der Waals surface area (Å²) in [7, 11) is 0. The van der Waals surface area contributed by atoms with E-state index in [1.165, 1.54) is 11.0 Å².